The first-order valence-corrected chi connectivity index (χ1v) is 8.71. The molecule has 1 saturated carbocycles. The highest BCUT2D eigenvalue weighted by molar-refractivity contribution is 5.31. The van der Waals surface area contributed by atoms with Crippen LogP contribution < -0.4 is 10.6 Å². The second-order valence-corrected chi connectivity index (χ2v) is 6.92. The summed E-state index contributed by atoms with van der Waals surface area (Å²) in [6.07, 6.45) is 12.3. The van der Waals surface area contributed by atoms with Crippen molar-refractivity contribution in [2.24, 2.45) is 5.92 Å². The van der Waals surface area contributed by atoms with Crippen molar-refractivity contribution in [3.05, 3.63) is 18.1 Å². The first-order chi connectivity index (χ1) is 10.7. The van der Waals surface area contributed by atoms with Crippen LogP contribution in [0.1, 0.15) is 50.6 Å². The van der Waals surface area contributed by atoms with Gasteiger partial charge < -0.3 is 15.7 Å². The van der Waals surface area contributed by atoms with Crippen molar-refractivity contribution < 1.29 is 5.11 Å². The third kappa shape index (κ3) is 4.40. The van der Waals surface area contributed by atoms with Gasteiger partial charge >= 0.3 is 0 Å². The molecular weight excluding hydrogens is 276 g/mol. The Bertz CT molecular complexity index is 450. The van der Waals surface area contributed by atoms with Crippen molar-refractivity contribution in [3.63, 3.8) is 0 Å². The highest BCUT2D eigenvalue weighted by Crippen LogP contribution is 2.32. The second kappa shape index (κ2) is 7.38. The highest BCUT2D eigenvalue weighted by atomic mass is 16.3. The fourth-order valence-electron chi connectivity index (χ4n) is 3.65. The Balaban J connectivity index is 1.42. The number of anilines is 1. The predicted octanol–water partition coefficient (Wildman–Crippen LogP) is 2.13. The van der Waals surface area contributed by atoms with Gasteiger partial charge in [0.25, 0.3) is 0 Å². The van der Waals surface area contributed by atoms with E-state index in [9.17, 15) is 5.11 Å². The minimum Gasteiger partial charge on any atom is -0.390 e. The number of aromatic nitrogens is 2. The average Bonchev–Trinajstić information content (AvgIpc) is 2.97. The van der Waals surface area contributed by atoms with E-state index in [-0.39, 0.29) is 0 Å². The van der Waals surface area contributed by atoms with E-state index in [0.29, 0.717) is 5.92 Å². The lowest BCUT2D eigenvalue weighted by Gasteiger charge is -2.22. The molecule has 2 heterocycles. The Morgan fingerprint density at radius 3 is 2.77 bits per heavy atom. The molecule has 1 aromatic rings. The third-order valence-corrected chi connectivity index (χ3v) is 5.03. The minimum absolute atomic E-state index is 0.450. The molecule has 122 valence electrons. The van der Waals surface area contributed by atoms with E-state index < -0.39 is 5.60 Å². The molecule has 22 heavy (non-hydrogen) atoms. The molecular formula is C17H28N4O. The van der Waals surface area contributed by atoms with Crippen molar-refractivity contribution in [2.45, 2.75) is 57.0 Å². The maximum absolute atomic E-state index is 10.3. The van der Waals surface area contributed by atoms with Gasteiger partial charge in [-0.25, -0.2) is 4.98 Å². The molecule has 0 radical (unpaired) electrons. The number of rotatable bonds is 6. The summed E-state index contributed by atoms with van der Waals surface area (Å²) in [5.41, 5.74) is 0.627. The molecule has 1 unspecified atom stereocenters. The average molecular weight is 304 g/mol. The standard InChI is InChI=1S/C17H28N4O/c22-17(5-1-2-6-17)7-9-19-16-13-20-15(12-21-16)10-14-4-3-8-18-11-14/h12-14,18,22H,1-11H2,(H,19,21). The van der Waals surface area contributed by atoms with Crippen LogP contribution in [0, 0.1) is 5.92 Å². The van der Waals surface area contributed by atoms with Crippen LogP contribution in [0.4, 0.5) is 5.82 Å². The van der Waals surface area contributed by atoms with Gasteiger partial charge in [0, 0.05) is 6.54 Å². The van der Waals surface area contributed by atoms with Gasteiger partial charge in [-0.1, -0.05) is 12.8 Å². The van der Waals surface area contributed by atoms with Crippen LogP contribution in [-0.4, -0.2) is 40.3 Å². The Morgan fingerprint density at radius 2 is 2.09 bits per heavy atom. The molecule has 1 atom stereocenters. The first kappa shape index (κ1) is 15.7. The molecule has 0 aromatic carbocycles. The quantitative estimate of drug-likeness (QED) is 0.751. The molecule has 0 spiro atoms. The molecule has 1 saturated heterocycles. The SMILES string of the molecule is OC1(CCNc2cnc(CC3CCCNC3)cn2)CCCC1. The van der Waals surface area contributed by atoms with Crippen molar-refractivity contribution in [1.82, 2.24) is 15.3 Å². The van der Waals surface area contributed by atoms with Crippen LogP contribution in [0.2, 0.25) is 0 Å². The van der Waals surface area contributed by atoms with E-state index in [1.54, 1.807) is 0 Å². The van der Waals surface area contributed by atoms with Gasteiger partial charge in [-0.15, -0.1) is 0 Å². The van der Waals surface area contributed by atoms with Crippen molar-refractivity contribution >= 4 is 5.82 Å². The smallest absolute Gasteiger partial charge is 0.144 e. The van der Waals surface area contributed by atoms with Gasteiger partial charge in [0.05, 0.1) is 23.7 Å². The molecule has 1 aliphatic heterocycles. The number of aliphatic hydroxyl groups is 1. The van der Waals surface area contributed by atoms with E-state index in [0.717, 1.165) is 69.7 Å². The summed E-state index contributed by atoms with van der Waals surface area (Å²) in [4.78, 5) is 8.98. The lowest BCUT2D eigenvalue weighted by Crippen LogP contribution is -2.31. The zero-order valence-electron chi connectivity index (χ0n) is 13.4. The van der Waals surface area contributed by atoms with Crippen LogP contribution >= 0.6 is 0 Å². The normalized spacial score (nSPS) is 24.3. The number of piperidine rings is 1. The van der Waals surface area contributed by atoms with Gasteiger partial charge in [-0.2, -0.15) is 0 Å². The topological polar surface area (TPSA) is 70.1 Å². The Hall–Kier alpha value is -1.20. The number of nitrogens with zero attached hydrogens (tertiary/aromatic N) is 2. The van der Waals surface area contributed by atoms with Gasteiger partial charge in [-0.05, 0) is 57.5 Å². The van der Waals surface area contributed by atoms with Gasteiger partial charge in [0.15, 0.2) is 0 Å². The Labute approximate surface area is 132 Å². The van der Waals surface area contributed by atoms with E-state index in [1.165, 1.54) is 12.8 Å². The number of nitrogens with one attached hydrogen (secondary N) is 2. The van der Waals surface area contributed by atoms with E-state index >= 15 is 0 Å². The molecule has 3 N–H and O–H groups in total. The van der Waals surface area contributed by atoms with Crippen molar-refractivity contribution in [3.8, 4) is 0 Å². The summed E-state index contributed by atoms with van der Waals surface area (Å²) in [5, 5.41) is 17.0. The van der Waals surface area contributed by atoms with Crippen LogP contribution in [0.25, 0.3) is 0 Å². The lowest BCUT2D eigenvalue weighted by atomic mass is 9.95. The number of hydrogen-bond acceptors (Lipinski definition) is 5. The Morgan fingerprint density at radius 1 is 1.23 bits per heavy atom. The molecule has 0 amide bonds. The molecule has 5 nitrogen and oxygen atoms in total. The monoisotopic (exact) mass is 304 g/mol. The molecule has 0 bridgehead atoms. The van der Waals surface area contributed by atoms with E-state index in [4.69, 9.17) is 0 Å². The fourth-order valence-corrected chi connectivity index (χ4v) is 3.65. The summed E-state index contributed by atoms with van der Waals surface area (Å²) < 4.78 is 0. The summed E-state index contributed by atoms with van der Waals surface area (Å²) >= 11 is 0. The maximum Gasteiger partial charge on any atom is 0.144 e. The molecule has 5 heteroatoms. The predicted molar refractivity (Wildman–Crippen MR) is 87.9 cm³/mol. The highest BCUT2D eigenvalue weighted by Gasteiger charge is 2.30. The summed E-state index contributed by atoms with van der Waals surface area (Å²) in [7, 11) is 0. The Kier molecular flexibility index (Phi) is 5.26. The molecule has 2 fully saturated rings. The molecule has 1 aromatic heterocycles. The summed E-state index contributed by atoms with van der Waals surface area (Å²) in [6.45, 7) is 3.01. The summed E-state index contributed by atoms with van der Waals surface area (Å²) in [6, 6.07) is 0. The number of hydrogen-bond donors (Lipinski definition) is 3. The maximum atomic E-state index is 10.3. The van der Waals surface area contributed by atoms with Crippen molar-refractivity contribution in [1.29, 1.82) is 0 Å². The van der Waals surface area contributed by atoms with E-state index in [2.05, 4.69) is 20.6 Å². The van der Waals surface area contributed by atoms with Gasteiger partial charge in [0.2, 0.25) is 0 Å². The van der Waals surface area contributed by atoms with Crippen LogP contribution in [0.3, 0.4) is 0 Å². The van der Waals surface area contributed by atoms with Crippen LogP contribution in [0.15, 0.2) is 12.4 Å². The second-order valence-electron chi connectivity index (χ2n) is 6.92. The van der Waals surface area contributed by atoms with Gasteiger partial charge in [-0.3, -0.25) is 4.98 Å². The van der Waals surface area contributed by atoms with Crippen molar-refractivity contribution in [2.75, 3.05) is 25.0 Å². The third-order valence-electron chi connectivity index (χ3n) is 5.03. The molecule has 1 aliphatic carbocycles. The largest absolute Gasteiger partial charge is 0.390 e. The van der Waals surface area contributed by atoms with Crippen LogP contribution in [0.5, 0.6) is 0 Å². The fraction of sp³-hybridized carbons (Fsp3) is 0.765. The lowest BCUT2D eigenvalue weighted by molar-refractivity contribution is 0.0424. The van der Waals surface area contributed by atoms with Gasteiger partial charge in [0.1, 0.15) is 5.82 Å². The zero-order chi connectivity index (χ0) is 15.3. The zero-order valence-corrected chi connectivity index (χ0v) is 13.4. The molecule has 2 aliphatic rings. The van der Waals surface area contributed by atoms with Crippen LogP contribution in [-0.2, 0) is 6.42 Å². The first-order valence-electron chi connectivity index (χ1n) is 8.71. The van der Waals surface area contributed by atoms with E-state index in [1.807, 2.05) is 12.4 Å². The minimum atomic E-state index is -0.450. The molecule has 3 rings (SSSR count). The summed E-state index contributed by atoms with van der Waals surface area (Å²) in [5.74, 6) is 1.51.